The highest BCUT2D eigenvalue weighted by atomic mass is 79.9. The van der Waals surface area contributed by atoms with E-state index in [1.807, 2.05) is 31.4 Å². The van der Waals surface area contributed by atoms with Crippen molar-refractivity contribution in [1.29, 1.82) is 0 Å². The Labute approximate surface area is 127 Å². The summed E-state index contributed by atoms with van der Waals surface area (Å²) in [6.07, 6.45) is 4.41. The van der Waals surface area contributed by atoms with E-state index in [0.717, 1.165) is 34.1 Å². The molecule has 3 rings (SSSR count). The van der Waals surface area contributed by atoms with Crippen molar-refractivity contribution in [2.75, 3.05) is 0 Å². The molecule has 1 fully saturated rings. The zero-order chi connectivity index (χ0) is 13.9. The lowest BCUT2D eigenvalue weighted by Gasteiger charge is -2.07. The third kappa shape index (κ3) is 3.64. The number of halogens is 1. The quantitative estimate of drug-likeness (QED) is 0.859. The number of hydrogen-bond acceptors (Lipinski definition) is 3. The smallest absolute Gasteiger partial charge is 0.146 e. The second-order valence-corrected chi connectivity index (χ2v) is 6.19. The number of ether oxygens (including phenoxy) is 1. The summed E-state index contributed by atoms with van der Waals surface area (Å²) in [6.45, 7) is 3.38. The molecular weight excluding hydrogens is 318 g/mol. The summed E-state index contributed by atoms with van der Waals surface area (Å²) >= 11 is 3.45. The highest BCUT2D eigenvalue weighted by Crippen LogP contribution is 2.23. The molecule has 0 spiro atoms. The minimum absolute atomic E-state index is 0.464. The number of aryl methyl sites for hydroxylation is 1. The molecule has 1 aliphatic carbocycles. The van der Waals surface area contributed by atoms with Crippen LogP contribution in [0.4, 0.5) is 0 Å². The van der Waals surface area contributed by atoms with E-state index in [9.17, 15) is 0 Å². The van der Waals surface area contributed by atoms with Crippen molar-refractivity contribution in [3.05, 3.63) is 51.9 Å². The SMILES string of the molecule is Cc1cc(Br)ccc1OCc1cc(CNC2CC2)co1. The summed E-state index contributed by atoms with van der Waals surface area (Å²) in [5.74, 6) is 1.75. The van der Waals surface area contributed by atoms with Crippen LogP contribution in [0.5, 0.6) is 5.75 Å². The van der Waals surface area contributed by atoms with Gasteiger partial charge in [0, 0.05) is 22.6 Å². The molecule has 0 amide bonds. The van der Waals surface area contributed by atoms with Crippen LogP contribution < -0.4 is 10.1 Å². The fraction of sp³-hybridized carbons (Fsp3) is 0.375. The molecular formula is C16H18BrNO2. The number of hydrogen-bond donors (Lipinski definition) is 1. The van der Waals surface area contributed by atoms with Crippen LogP contribution in [0.25, 0.3) is 0 Å². The van der Waals surface area contributed by atoms with E-state index < -0.39 is 0 Å². The van der Waals surface area contributed by atoms with Gasteiger partial charge < -0.3 is 14.5 Å². The Morgan fingerprint density at radius 3 is 2.95 bits per heavy atom. The molecule has 0 bridgehead atoms. The molecule has 0 radical (unpaired) electrons. The van der Waals surface area contributed by atoms with Gasteiger partial charge in [-0.05, 0) is 49.6 Å². The van der Waals surface area contributed by atoms with Gasteiger partial charge in [-0.25, -0.2) is 0 Å². The van der Waals surface area contributed by atoms with E-state index in [4.69, 9.17) is 9.15 Å². The van der Waals surface area contributed by atoms with E-state index in [0.29, 0.717) is 6.61 Å². The summed E-state index contributed by atoms with van der Waals surface area (Å²) in [6, 6.07) is 8.77. The van der Waals surface area contributed by atoms with Gasteiger partial charge in [-0.3, -0.25) is 0 Å². The Bertz CT molecular complexity index is 590. The van der Waals surface area contributed by atoms with Gasteiger partial charge in [0.2, 0.25) is 0 Å². The second-order valence-electron chi connectivity index (χ2n) is 5.27. The fourth-order valence-corrected chi connectivity index (χ4v) is 2.54. The zero-order valence-electron chi connectivity index (χ0n) is 11.5. The lowest BCUT2D eigenvalue weighted by molar-refractivity contribution is 0.268. The van der Waals surface area contributed by atoms with Gasteiger partial charge in [0.05, 0.1) is 6.26 Å². The first-order valence-corrected chi connectivity index (χ1v) is 7.68. The van der Waals surface area contributed by atoms with Crippen LogP contribution in [-0.4, -0.2) is 6.04 Å². The zero-order valence-corrected chi connectivity index (χ0v) is 13.1. The molecule has 0 atom stereocenters. The van der Waals surface area contributed by atoms with Crippen molar-refractivity contribution in [1.82, 2.24) is 5.32 Å². The fourth-order valence-electron chi connectivity index (χ4n) is 2.07. The van der Waals surface area contributed by atoms with Crippen LogP contribution in [0.3, 0.4) is 0 Å². The normalized spacial score (nSPS) is 14.5. The van der Waals surface area contributed by atoms with E-state index in [2.05, 4.69) is 27.3 Å². The number of benzene rings is 1. The first-order chi connectivity index (χ1) is 9.70. The average Bonchev–Trinajstić information content (AvgIpc) is 3.14. The third-order valence-electron chi connectivity index (χ3n) is 3.39. The molecule has 0 aliphatic heterocycles. The Morgan fingerprint density at radius 1 is 1.35 bits per heavy atom. The van der Waals surface area contributed by atoms with Crippen molar-refractivity contribution in [2.45, 2.75) is 39.0 Å². The van der Waals surface area contributed by atoms with E-state index in [-0.39, 0.29) is 0 Å². The van der Waals surface area contributed by atoms with Gasteiger partial charge in [-0.2, -0.15) is 0 Å². The van der Waals surface area contributed by atoms with Crippen molar-refractivity contribution >= 4 is 15.9 Å². The monoisotopic (exact) mass is 335 g/mol. The van der Waals surface area contributed by atoms with Crippen molar-refractivity contribution in [3.8, 4) is 5.75 Å². The maximum Gasteiger partial charge on any atom is 0.146 e. The molecule has 0 saturated heterocycles. The first-order valence-electron chi connectivity index (χ1n) is 6.89. The first kappa shape index (κ1) is 13.7. The van der Waals surface area contributed by atoms with Gasteiger partial charge in [-0.15, -0.1) is 0 Å². The van der Waals surface area contributed by atoms with Crippen LogP contribution in [0, 0.1) is 6.92 Å². The summed E-state index contributed by atoms with van der Waals surface area (Å²) in [5.41, 5.74) is 2.30. The largest absolute Gasteiger partial charge is 0.485 e. The topological polar surface area (TPSA) is 34.4 Å². The van der Waals surface area contributed by atoms with Crippen LogP contribution in [0.15, 0.2) is 39.4 Å². The van der Waals surface area contributed by atoms with Crippen LogP contribution in [0.2, 0.25) is 0 Å². The number of rotatable bonds is 6. The minimum atomic E-state index is 0.464. The molecule has 2 aromatic rings. The molecule has 1 aromatic carbocycles. The predicted octanol–water partition coefficient (Wildman–Crippen LogP) is 4.18. The summed E-state index contributed by atoms with van der Waals surface area (Å²) in [5, 5.41) is 3.47. The summed E-state index contributed by atoms with van der Waals surface area (Å²) in [4.78, 5) is 0. The molecule has 3 nitrogen and oxygen atoms in total. The van der Waals surface area contributed by atoms with Crippen molar-refractivity contribution < 1.29 is 9.15 Å². The minimum Gasteiger partial charge on any atom is -0.485 e. The Hall–Kier alpha value is -1.26. The predicted molar refractivity (Wildman–Crippen MR) is 81.8 cm³/mol. The molecule has 0 unspecified atom stereocenters. The summed E-state index contributed by atoms with van der Waals surface area (Å²) in [7, 11) is 0. The third-order valence-corrected chi connectivity index (χ3v) is 3.88. The highest BCUT2D eigenvalue weighted by Gasteiger charge is 2.20. The maximum atomic E-state index is 5.79. The summed E-state index contributed by atoms with van der Waals surface area (Å²) < 4.78 is 12.4. The van der Waals surface area contributed by atoms with Gasteiger partial charge in [0.15, 0.2) is 0 Å². The molecule has 1 N–H and O–H groups in total. The van der Waals surface area contributed by atoms with Crippen molar-refractivity contribution in [2.24, 2.45) is 0 Å². The van der Waals surface area contributed by atoms with E-state index in [1.165, 1.54) is 18.4 Å². The number of nitrogens with one attached hydrogen (secondary N) is 1. The Morgan fingerprint density at radius 2 is 2.20 bits per heavy atom. The lowest BCUT2D eigenvalue weighted by Crippen LogP contribution is -2.14. The molecule has 20 heavy (non-hydrogen) atoms. The second kappa shape index (κ2) is 6.02. The molecule has 1 saturated carbocycles. The molecule has 1 heterocycles. The van der Waals surface area contributed by atoms with E-state index >= 15 is 0 Å². The van der Waals surface area contributed by atoms with Crippen LogP contribution in [0.1, 0.15) is 29.7 Å². The highest BCUT2D eigenvalue weighted by molar-refractivity contribution is 9.10. The van der Waals surface area contributed by atoms with Gasteiger partial charge in [0.1, 0.15) is 18.1 Å². The average molecular weight is 336 g/mol. The molecule has 106 valence electrons. The van der Waals surface area contributed by atoms with Crippen LogP contribution >= 0.6 is 15.9 Å². The maximum absolute atomic E-state index is 5.79. The standard InChI is InChI=1S/C16H18BrNO2/c1-11-6-13(17)2-5-16(11)20-10-15-7-12(9-19-15)8-18-14-3-4-14/h2,5-7,9,14,18H,3-4,8,10H2,1H3. The Kier molecular flexibility index (Phi) is 4.13. The molecule has 1 aliphatic rings. The van der Waals surface area contributed by atoms with Gasteiger partial charge >= 0.3 is 0 Å². The number of furan rings is 1. The molecule has 4 heteroatoms. The molecule has 1 aromatic heterocycles. The van der Waals surface area contributed by atoms with Crippen LogP contribution in [-0.2, 0) is 13.2 Å². The lowest BCUT2D eigenvalue weighted by atomic mass is 10.2. The Balaban J connectivity index is 1.54. The van der Waals surface area contributed by atoms with Gasteiger partial charge in [-0.1, -0.05) is 15.9 Å². The van der Waals surface area contributed by atoms with E-state index in [1.54, 1.807) is 0 Å². The van der Waals surface area contributed by atoms with Gasteiger partial charge in [0.25, 0.3) is 0 Å². The van der Waals surface area contributed by atoms with Crippen molar-refractivity contribution in [3.63, 3.8) is 0 Å².